The van der Waals surface area contributed by atoms with E-state index in [1.165, 1.54) is 12.1 Å². The van der Waals surface area contributed by atoms with Crippen LogP contribution in [0.25, 0.3) is 0 Å². The minimum absolute atomic E-state index is 0.167. The van der Waals surface area contributed by atoms with Crippen LogP contribution < -0.4 is 4.74 Å². The molecule has 1 rings (SSSR count). The van der Waals surface area contributed by atoms with Crippen molar-refractivity contribution in [1.29, 1.82) is 0 Å². The highest BCUT2D eigenvalue weighted by Gasteiger charge is 2.14. The van der Waals surface area contributed by atoms with E-state index in [1.807, 2.05) is 0 Å². The Bertz CT molecular complexity index is 446. The number of hydrogen-bond donors (Lipinski definition) is 0. The van der Waals surface area contributed by atoms with E-state index in [4.69, 9.17) is 44.3 Å². The van der Waals surface area contributed by atoms with E-state index in [0.29, 0.717) is 5.02 Å². The van der Waals surface area contributed by atoms with Gasteiger partial charge in [-0.2, -0.15) is 0 Å². The minimum Gasteiger partial charge on any atom is -0.453 e. The van der Waals surface area contributed by atoms with Crippen molar-refractivity contribution in [3.05, 3.63) is 39.9 Å². The molecule has 0 fully saturated rings. The molecule has 1 atom stereocenters. The van der Waals surface area contributed by atoms with Gasteiger partial charge in [-0.25, -0.2) is 4.79 Å². The van der Waals surface area contributed by atoms with Crippen LogP contribution in [0.15, 0.2) is 24.8 Å². The van der Waals surface area contributed by atoms with Gasteiger partial charge in [0.2, 0.25) is 6.29 Å². The topological polar surface area (TPSA) is 35.5 Å². The number of carbonyl (C=O) groups is 1. The van der Waals surface area contributed by atoms with Gasteiger partial charge < -0.3 is 9.47 Å². The predicted molar refractivity (Wildman–Crippen MR) is 67.9 cm³/mol. The number of hydrogen-bond acceptors (Lipinski definition) is 3. The molecule has 0 aromatic heterocycles. The largest absolute Gasteiger partial charge is 0.453 e. The fraction of sp³-hybridized carbons (Fsp3) is 0.182. The van der Waals surface area contributed by atoms with E-state index < -0.39 is 12.3 Å². The van der Waals surface area contributed by atoms with Gasteiger partial charge in [-0.15, -0.1) is 0 Å². The van der Waals surface area contributed by atoms with Crippen molar-refractivity contribution in [2.24, 2.45) is 0 Å². The fourth-order valence-corrected chi connectivity index (χ4v) is 1.59. The van der Waals surface area contributed by atoms with Crippen molar-refractivity contribution in [2.75, 3.05) is 0 Å². The molecule has 0 aliphatic rings. The van der Waals surface area contributed by atoms with Gasteiger partial charge in [0.05, 0.1) is 10.0 Å². The molecule has 1 aromatic carbocycles. The third-order valence-corrected chi connectivity index (χ3v) is 3.02. The molecule has 0 bridgehead atoms. The van der Waals surface area contributed by atoms with E-state index in [-0.39, 0.29) is 15.8 Å². The molecule has 0 aliphatic heterocycles. The fourth-order valence-electron chi connectivity index (χ4n) is 1.01. The molecular weight excluding hydrogens is 286 g/mol. The van der Waals surface area contributed by atoms with Crippen LogP contribution in [0.4, 0.5) is 0 Å². The molecule has 0 N–H and O–H groups in total. The third-order valence-electron chi connectivity index (χ3n) is 1.74. The minimum atomic E-state index is -0.810. The van der Waals surface area contributed by atoms with Gasteiger partial charge >= 0.3 is 5.97 Å². The molecule has 92 valence electrons. The van der Waals surface area contributed by atoms with Crippen LogP contribution in [0.1, 0.15) is 6.92 Å². The molecular formula is C11H9Cl3O3. The van der Waals surface area contributed by atoms with Crippen molar-refractivity contribution in [3.8, 4) is 5.75 Å². The van der Waals surface area contributed by atoms with E-state index in [1.54, 1.807) is 6.92 Å². The van der Waals surface area contributed by atoms with Gasteiger partial charge in [0.25, 0.3) is 0 Å². The molecule has 0 aliphatic carbocycles. The van der Waals surface area contributed by atoms with Crippen LogP contribution >= 0.6 is 34.8 Å². The Morgan fingerprint density at radius 1 is 1.35 bits per heavy atom. The zero-order chi connectivity index (χ0) is 13.0. The highest BCUT2D eigenvalue weighted by molar-refractivity contribution is 6.48. The third kappa shape index (κ3) is 3.80. The molecule has 17 heavy (non-hydrogen) atoms. The van der Waals surface area contributed by atoms with Crippen molar-refractivity contribution in [1.82, 2.24) is 0 Å². The average Bonchev–Trinajstić information content (AvgIpc) is 2.29. The molecule has 6 heteroatoms. The standard InChI is InChI=1S/C11H9Cl3O3/c1-3-9(15)17-6(2)16-8-5-4-7(12)10(13)11(8)14/h3-6H,1H2,2H3. The summed E-state index contributed by atoms with van der Waals surface area (Å²) in [7, 11) is 0. The van der Waals surface area contributed by atoms with Crippen LogP contribution in [0.3, 0.4) is 0 Å². The maximum Gasteiger partial charge on any atom is 0.333 e. The Balaban J connectivity index is 2.78. The molecule has 0 amide bonds. The summed E-state index contributed by atoms with van der Waals surface area (Å²) < 4.78 is 10.1. The van der Waals surface area contributed by atoms with Crippen molar-refractivity contribution >= 4 is 40.8 Å². The lowest BCUT2D eigenvalue weighted by Gasteiger charge is -2.15. The summed E-state index contributed by atoms with van der Waals surface area (Å²) in [6.07, 6.45) is 0.228. The zero-order valence-corrected chi connectivity index (χ0v) is 11.1. The second kappa shape index (κ2) is 6.15. The lowest BCUT2D eigenvalue weighted by atomic mass is 10.3. The van der Waals surface area contributed by atoms with Gasteiger partial charge in [-0.3, -0.25) is 0 Å². The molecule has 0 saturated heterocycles. The van der Waals surface area contributed by atoms with Gasteiger partial charge in [0, 0.05) is 13.0 Å². The lowest BCUT2D eigenvalue weighted by Crippen LogP contribution is -2.19. The first-order chi connectivity index (χ1) is 7.95. The van der Waals surface area contributed by atoms with Gasteiger partial charge in [0.1, 0.15) is 10.8 Å². The van der Waals surface area contributed by atoms with Crippen molar-refractivity contribution in [2.45, 2.75) is 13.2 Å². The molecule has 1 unspecified atom stereocenters. The number of rotatable bonds is 4. The maximum absolute atomic E-state index is 10.9. The van der Waals surface area contributed by atoms with E-state index in [9.17, 15) is 4.79 Å². The smallest absolute Gasteiger partial charge is 0.333 e. The first kappa shape index (κ1) is 14.2. The average molecular weight is 296 g/mol. The zero-order valence-electron chi connectivity index (χ0n) is 8.88. The number of benzene rings is 1. The molecule has 0 radical (unpaired) electrons. The quantitative estimate of drug-likeness (QED) is 0.363. The van der Waals surface area contributed by atoms with Gasteiger partial charge in [-0.05, 0) is 12.1 Å². The number of carbonyl (C=O) groups excluding carboxylic acids is 1. The number of ether oxygens (including phenoxy) is 2. The number of halogens is 3. The normalized spacial score (nSPS) is 11.8. The summed E-state index contributed by atoms with van der Waals surface area (Å²) in [5.41, 5.74) is 0. The van der Waals surface area contributed by atoms with E-state index in [2.05, 4.69) is 6.58 Å². The van der Waals surface area contributed by atoms with Crippen LogP contribution in [-0.2, 0) is 9.53 Å². The first-order valence-electron chi connectivity index (χ1n) is 4.59. The summed E-state index contributed by atoms with van der Waals surface area (Å²) in [6, 6.07) is 3.07. The van der Waals surface area contributed by atoms with Crippen molar-refractivity contribution < 1.29 is 14.3 Å². The van der Waals surface area contributed by atoms with Crippen LogP contribution in [0, 0.1) is 0 Å². The second-order valence-corrected chi connectivity index (χ2v) is 4.16. The van der Waals surface area contributed by atoms with Gasteiger partial charge in [-0.1, -0.05) is 41.4 Å². The predicted octanol–water partition coefficient (Wildman–Crippen LogP) is 4.10. The van der Waals surface area contributed by atoms with Crippen LogP contribution in [0.2, 0.25) is 15.1 Å². The van der Waals surface area contributed by atoms with E-state index >= 15 is 0 Å². The first-order valence-corrected chi connectivity index (χ1v) is 5.72. The summed E-state index contributed by atoms with van der Waals surface area (Å²) in [5.74, 6) is -0.306. The molecule has 3 nitrogen and oxygen atoms in total. The highest BCUT2D eigenvalue weighted by Crippen LogP contribution is 2.37. The summed E-state index contributed by atoms with van der Waals surface area (Å²) in [6.45, 7) is 4.81. The second-order valence-electron chi connectivity index (χ2n) is 3.00. The SMILES string of the molecule is C=CC(=O)OC(C)Oc1ccc(Cl)c(Cl)c1Cl. The summed E-state index contributed by atoms with van der Waals surface area (Å²) in [4.78, 5) is 10.9. The Morgan fingerprint density at radius 3 is 2.59 bits per heavy atom. The van der Waals surface area contributed by atoms with Gasteiger partial charge in [0.15, 0.2) is 0 Å². The lowest BCUT2D eigenvalue weighted by molar-refractivity contribution is -0.154. The van der Waals surface area contributed by atoms with E-state index in [0.717, 1.165) is 6.08 Å². The Kier molecular flexibility index (Phi) is 5.12. The Hall–Kier alpha value is -0.900. The summed E-state index contributed by atoms with van der Waals surface area (Å²) >= 11 is 17.5. The monoisotopic (exact) mass is 294 g/mol. The number of esters is 1. The maximum atomic E-state index is 10.9. The molecule has 0 saturated carbocycles. The molecule has 0 spiro atoms. The van der Waals surface area contributed by atoms with Crippen molar-refractivity contribution in [3.63, 3.8) is 0 Å². The Morgan fingerprint density at radius 2 is 2.00 bits per heavy atom. The molecule has 0 heterocycles. The highest BCUT2D eigenvalue weighted by atomic mass is 35.5. The Labute approximate surface area is 114 Å². The molecule has 1 aromatic rings. The summed E-state index contributed by atoms with van der Waals surface area (Å²) in [5, 5.41) is 0.675. The van der Waals surface area contributed by atoms with Crippen LogP contribution in [-0.4, -0.2) is 12.3 Å². The van der Waals surface area contributed by atoms with Crippen LogP contribution in [0.5, 0.6) is 5.75 Å².